The van der Waals surface area contributed by atoms with Crippen LogP contribution in [0.15, 0.2) is 21.9 Å². The summed E-state index contributed by atoms with van der Waals surface area (Å²) in [6, 6.07) is 0.935. The fourth-order valence-corrected chi connectivity index (χ4v) is 4.82. The number of aromatic nitrogens is 2. The second-order valence-electron chi connectivity index (χ2n) is 7.62. The summed E-state index contributed by atoms with van der Waals surface area (Å²) in [4.78, 5) is 47.3. The third-order valence-electron chi connectivity index (χ3n) is 5.42. The van der Waals surface area contributed by atoms with Crippen LogP contribution in [0.1, 0.15) is 27.0 Å². The Morgan fingerprint density at radius 2 is 1.76 bits per heavy atom. The number of hydrogen-bond acceptors (Lipinski definition) is 13. The van der Waals surface area contributed by atoms with E-state index in [1.807, 2.05) is 4.98 Å². The van der Waals surface area contributed by atoms with Crippen LogP contribution in [0.2, 0.25) is 0 Å². The van der Waals surface area contributed by atoms with E-state index in [0.29, 0.717) is 4.57 Å². The predicted molar refractivity (Wildman–Crippen MR) is 104 cm³/mol. The molecule has 2 fully saturated rings. The molecule has 2 aliphatic rings. The standard InChI is InChI=1S/C17H22FN2O13P/c1-9(21)28-7-30-34(27,31-8-29-10(2)22)33-12-16(6-18)17(12,26)15(3,25)13(32-16)20-5-4-11(23)19-14(20)24/h4-5,12-13,25-26H,6-8H2,1-3H3,(H,19,23,24)/t12?,13-,15+,16-,17+/m1/s1. The Labute approximate surface area is 189 Å². The number of nitrogens with one attached hydrogen (secondary N) is 1. The Hall–Kier alpha value is -2.46. The normalized spacial score (nSPS) is 32.2. The van der Waals surface area contributed by atoms with Gasteiger partial charge in [-0.25, -0.2) is 22.8 Å². The van der Waals surface area contributed by atoms with Crippen LogP contribution in [0.3, 0.4) is 0 Å². The molecule has 0 amide bonds. The molecular weight excluding hydrogens is 490 g/mol. The van der Waals surface area contributed by atoms with Gasteiger partial charge in [-0.2, -0.15) is 0 Å². The quantitative estimate of drug-likeness (QED) is 0.193. The summed E-state index contributed by atoms with van der Waals surface area (Å²) in [7, 11) is -4.83. The number of phosphoric acid groups is 1. The minimum Gasteiger partial charge on any atom is -0.438 e. The van der Waals surface area contributed by atoms with Crippen molar-refractivity contribution in [2.24, 2.45) is 0 Å². The lowest BCUT2D eigenvalue weighted by atomic mass is 9.94. The summed E-state index contributed by atoms with van der Waals surface area (Å²) in [6.07, 6.45) is -2.61. The summed E-state index contributed by atoms with van der Waals surface area (Å²) in [6.45, 7) is -0.358. The number of aliphatic hydroxyl groups is 2. The maximum Gasteiger partial charge on any atom is 0.481 e. The number of aromatic amines is 1. The summed E-state index contributed by atoms with van der Waals surface area (Å²) in [5, 5.41) is 22.2. The Balaban J connectivity index is 1.87. The number of carbonyl (C=O) groups is 2. The third-order valence-corrected chi connectivity index (χ3v) is 6.73. The van der Waals surface area contributed by atoms with Crippen LogP contribution >= 0.6 is 7.82 Å². The highest BCUT2D eigenvalue weighted by Gasteiger charge is 2.93. The van der Waals surface area contributed by atoms with Gasteiger partial charge >= 0.3 is 25.5 Å². The van der Waals surface area contributed by atoms with Crippen LogP contribution in [0.4, 0.5) is 4.39 Å². The maximum absolute atomic E-state index is 14.2. The van der Waals surface area contributed by atoms with Gasteiger partial charge in [0.25, 0.3) is 5.56 Å². The average Bonchev–Trinajstić information content (AvgIpc) is 3.16. The van der Waals surface area contributed by atoms with Gasteiger partial charge in [0.05, 0.1) is 0 Å². The zero-order chi connectivity index (χ0) is 25.5. The number of hydrogen-bond donors (Lipinski definition) is 3. The van der Waals surface area contributed by atoms with E-state index >= 15 is 0 Å². The summed E-state index contributed by atoms with van der Waals surface area (Å²) >= 11 is 0. The van der Waals surface area contributed by atoms with E-state index in [0.717, 1.165) is 33.0 Å². The van der Waals surface area contributed by atoms with Crippen molar-refractivity contribution in [2.75, 3.05) is 20.3 Å². The molecule has 17 heteroatoms. The van der Waals surface area contributed by atoms with Crippen molar-refractivity contribution in [3.05, 3.63) is 33.1 Å². The number of rotatable bonds is 10. The minimum absolute atomic E-state index is 0.716. The van der Waals surface area contributed by atoms with E-state index in [-0.39, 0.29) is 0 Å². The average molecular weight is 512 g/mol. The first-order valence-electron chi connectivity index (χ1n) is 9.58. The van der Waals surface area contributed by atoms with Gasteiger partial charge < -0.3 is 24.4 Å². The first-order chi connectivity index (χ1) is 15.7. The molecule has 1 aliphatic carbocycles. The molecule has 34 heavy (non-hydrogen) atoms. The molecule has 1 aliphatic heterocycles. The van der Waals surface area contributed by atoms with Crippen LogP contribution in [0.25, 0.3) is 0 Å². The molecule has 1 aromatic heterocycles. The van der Waals surface area contributed by atoms with Gasteiger partial charge in [-0.05, 0) is 6.92 Å². The van der Waals surface area contributed by atoms with E-state index in [1.165, 1.54) is 0 Å². The highest BCUT2D eigenvalue weighted by atomic mass is 31.2. The second kappa shape index (κ2) is 8.96. The second-order valence-corrected chi connectivity index (χ2v) is 9.24. The SMILES string of the molecule is CC(=O)OCOP(=O)(OCOC(C)=O)OC1[C@]2(O)[C@@](C)(O)[C@H](n3ccc(=O)[nH]c3=O)O[C@]12CF. The molecule has 1 unspecified atom stereocenters. The number of esters is 2. The minimum atomic E-state index is -4.83. The smallest absolute Gasteiger partial charge is 0.438 e. The van der Waals surface area contributed by atoms with Gasteiger partial charge in [0.1, 0.15) is 18.4 Å². The molecule has 0 aromatic carbocycles. The number of alkyl halides is 1. The van der Waals surface area contributed by atoms with Crippen LogP contribution < -0.4 is 11.2 Å². The van der Waals surface area contributed by atoms with E-state index in [2.05, 4.69) is 9.47 Å². The number of halogens is 1. The molecule has 0 spiro atoms. The Morgan fingerprint density at radius 1 is 1.21 bits per heavy atom. The van der Waals surface area contributed by atoms with Gasteiger partial charge in [0.15, 0.2) is 17.4 Å². The fourth-order valence-electron chi connectivity index (χ4n) is 3.68. The number of fused-ring (bicyclic) bond motifs is 1. The number of nitrogens with zero attached hydrogens (tertiary/aromatic N) is 1. The Morgan fingerprint density at radius 3 is 2.21 bits per heavy atom. The van der Waals surface area contributed by atoms with Crippen LogP contribution in [0, 0.1) is 0 Å². The summed E-state index contributed by atoms with van der Waals surface area (Å²) in [5.41, 5.74) is -9.15. The Kier molecular flexibility index (Phi) is 6.89. The van der Waals surface area contributed by atoms with Gasteiger partial charge in [-0.15, -0.1) is 0 Å². The van der Waals surface area contributed by atoms with Gasteiger partial charge in [0.2, 0.25) is 13.6 Å². The zero-order valence-corrected chi connectivity index (χ0v) is 19.0. The van der Waals surface area contributed by atoms with E-state index < -0.39 is 80.4 Å². The van der Waals surface area contributed by atoms with Crippen molar-refractivity contribution in [3.8, 4) is 0 Å². The van der Waals surface area contributed by atoms with Crippen molar-refractivity contribution in [3.63, 3.8) is 0 Å². The topological polar surface area (TPSA) is 202 Å². The zero-order valence-electron chi connectivity index (χ0n) is 18.1. The van der Waals surface area contributed by atoms with Crippen molar-refractivity contribution in [2.45, 2.75) is 49.9 Å². The highest BCUT2D eigenvalue weighted by molar-refractivity contribution is 7.48. The molecule has 0 radical (unpaired) electrons. The van der Waals surface area contributed by atoms with E-state index in [9.17, 15) is 38.3 Å². The van der Waals surface area contributed by atoms with Crippen molar-refractivity contribution in [1.82, 2.24) is 9.55 Å². The van der Waals surface area contributed by atoms with E-state index in [1.54, 1.807) is 0 Å². The molecule has 2 heterocycles. The molecule has 1 aromatic rings. The molecule has 1 saturated heterocycles. The van der Waals surface area contributed by atoms with Crippen molar-refractivity contribution < 1.29 is 56.5 Å². The lowest BCUT2D eigenvalue weighted by Gasteiger charge is -2.33. The molecule has 15 nitrogen and oxygen atoms in total. The van der Waals surface area contributed by atoms with Gasteiger partial charge in [0, 0.05) is 26.1 Å². The predicted octanol–water partition coefficient (Wildman–Crippen LogP) is -1.16. The van der Waals surface area contributed by atoms with E-state index in [4.69, 9.17) is 18.3 Å². The van der Waals surface area contributed by atoms with Crippen molar-refractivity contribution in [1.29, 1.82) is 0 Å². The first kappa shape index (κ1) is 26.2. The number of phosphoric ester groups is 1. The molecular formula is C17H22FN2O13P. The molecule has 190 valence electrons. The van der Waals surface area contributed by atoms with Crippen molar-refractivity contribution >= 4 is 19.8 Å². The van der Waals surface area contributed by atoms with Crippen LogP contribution in [-0.4, -0.2) is 74.9 Å². The highest BCUT2D eigenvalue weighted by Crippen LogP contribution is 2.71. The third kappa shape index (κ3) is 4.22. The maximum atomic E-state index is 14.2. The fraction of sp³-hybridized carbons (Fsp3) is 0.647. The lowest BCUT2D eigenvalue weighted by Crippen LogP contribution is -2.51. The molecule has 5 atom stereocenters. The first-order valence-corrected chi connectivity index (χ1v) is 11.0. The van der Waals surface area contributed by atoms with Gasteiger partial charge in [-0.1, -0.05) is 0 Å². The van der Waals surface area contributed by atoms with Crippen LogP contribution in [0.5, 0.6) is 0 Å². The largest absolute Gasteiger partial charge is 0.481 e. The summed E-state index contributed by atoms with van der Waals surface area (Å²) < 4.78 is 57.1. The molecule has 1 saturated carbocycles. The Bertz CT molecular complexity index is 1110. The number of ether oxygens (including phenoxy) is 3. The molecule has 3 N–H and O–H groups in total. The van der Waals surface area contributed by atoms with Gasteiger partial charge in [-0.3, -0.25) is 28.5 Å². The molecule has 0 bridgehead atoms. The monoisotopic (exact) mass is 512 g/mol. The lowest BCUT2D eigenvalue weighted by molar-refractivity contribution is -0.170. The summed E-state index contributed by atoms with van der Waals surface area (Å²) in [5.74, 6) is -1.65. The molecule has 3 rings (SSSR count). The number of H-pyrrole nitrogens is 1. The number of carbonyl (C=O) groups excluding carboxylic acids is 2. The van der Waals surface area contributed by atoms with Crippen LogP contribution in [-0.2, 0) is 41.9 Å².